The fraction of sp³-hybridized carbons (Fsp3) is 0.250. The summed E-state index contributed by atoms with van der Waals surface area (Å²) in [5.41, 5.74) is 0.791. The number of pyridine rings is 1. The van der Waals surface area contributed by atoms with E-state index >= 15 is 0 Å². The predicted molar refractivity (Wildman–Crippen MR) is 65.0 cm³/mol. The maximum Gasteiger partial charge on any atom is 0.387 e. The van der Waals surface area contributed by atoms with Gasteiger partial charge in [-0.2, -0.15) is 8.78 Å². The molecule has 0 amide bonds. The first kappa shape index (κ1) is 13.1. The van der Waals surface area contributed by atoms with Crippen molar-refractivity contribution in [1.82, 2.24) is 15.0 Å². The summed E-state index contributed by atoms with van der Waals surface area (Å²) < 4.78 is 28.2. The minimum Gasteiger partial charge on any atom is -0.433 e. The van der Waals surface area contributed by atoms with Gasteiger partial charge in [-0.25, -0.2) is 4.98 Å². The lowest BCUT2D eigenvalue weighted by Crippen LogP contribution is -2.18. The van der Waals surface area contributed by atoms with E-state index < -0.39 is 6.61 Å². The maximum atomic E-state index is 12.0. The normalized spacial score (nSPS) is 10.5. The van der Waals surface area contributed by atoms with Gasteiger partial charge in [0.1, 0.15) is 11.6 Å². The van der Waals surface area contributed by atoms with Crippen molar-refractivity contribution in [3.05, 3.63) is 42.6 Å². The molecule has 2 rings (SSSR count). The minimum atomic E-state index is -2.84. The summed E-state index contributed by atoms with van der Waals surface area (Å²) in [7, 11) is 1.82. The highest BCUT2D eigenvalue weighted by Crippen LogP contribution is 2.17. The van der Waals surface area contributed by atoms with Crippen LogP contribution in [-0.4, -0.2) is 28.6 Å². The third-order valence-electron chi connectivity index (χ3n) is 2.35. The molecular formula is C12H12F2N4O. The Balaban J connectivity index is 2.01. The molecule has 0 aromatic carbocycles. The van der Waals surface area contributed by atoms with E-state index in [9.17, 15) is 8.78 Å². The number of halogens is 2. The highest BCUT2D eigenvalue weighted by atomic mass is 19.3. The molecule has 2 aromatic heterocycles. The molecule has 7 heteroatoms. The third-order valence-corrected chi connectivity index (χ3v) is 2.35. The first-order chi connectivity index (χ1) is 9.15. The van der Waals surface area contributed by atoms with Gasteiger partial charge in [-0.15, -0.1) is 0 Å². The van der Waals surface area contributed by atoms with Gasteiger partial charge in [-0.05, 0) is 12.1 Å². The van der Waals surface area contributed by atoms with Gasteiger partial charge in [-0.1, -0.05) is 0 Å². The van der Waals surface area contributed by atoms with Gasteiger partial charge in [-0.3, -0.25) is 9.97 Å². The molecular weight excluding hydrogens is 254 g/mol. The smallest absolute Gasteiger partial charge is 0.387 e. The van der Waals surface area contributed by atoms with E-state index in [-0.39, 0.29) is 5.75 Å². The summed E-state index contributed by atoms with van der Waals surface area (Å²) in [6, 6.07) is 3.05. The highest BCUT2D eigenvalue weighted by molar-refractivity contribution is 5.40. The summed E-state index contributed by atoms with van der Waals surface area (Å²) >= 11 is 0. The second-order valence-corrected chi connectivity index (χ2v) is 3.78. The fourth-order valence-electron chi connectivity index (χ4n) is 1.51. The number of anilines is 1. The zero-order valence-electron chi connectivity index (χ0n) is 10.2. The largest absolute Gasteiger partial charge is 0.433 e. The van der Waals surface area contributed by atoms with E-state index in [2.05, 4.69) is 19.7 Å². The third kappa shape index (κ3) is 3.84. The minimum absolute atomic E-state index is 0.0339. The molecule has 19 heavy (non-hydrogen) atoms. The summed E-state index contributed by atoms with van der Waals surface area (Å²) in [6.07, 6.45) is 6.12. The van der Waals surface area contributed by atoms with Crippen molar-refractivity contribution in [3.8, 4) is 5.75 Å². The van der Waals surface area contributed by atoms with Gasteiger partial charge in [0.25, 0.3) is 0 Å². The standard InChI is InChI=1S/C12H12F2N4O/c1-18(8-9-6-15-4-5-16-9)11-3-2-10(7-17-11)19-12(13)14/h2-7,12H,8H2,1H3. The second kappa shape index (κ2) is 6.03. The zero-order chi connectivity index (χ0) is 13.7. The lowest BCUT2D eigenvalue weighted by Gasteiger charge is -2.17. The van der Waals surface area contributed by atoms with Crippen LogP contribution in [0.2, 0.25) is 0 Å². The van der Waals surface area contributed by atoms with E-state index in [0.717, 1.165) is 5.69 Å². The SMILES string of the molecule is CN(Cc1cnccn1)c1ccc(OC(F)F)cn1. The molecule has 0 saturated carbocycles. The molecule has 100 valence electrons. The van der Waals surface area contributed by atoms with Crippen molar-refractivity contribution in [2.45, 2.75) is 13.2 Å². The number of hydrogen-bond acceptors (Lipinski definition) is 5. The Kier molecular flexibility index (Phi) is 4.17. The Morgan fingerprint density at radius 2 is 2.05 bits per heavy atom. The van der Waals surface area contributed by atoms with Crippen LogP contribution in [0.25, 0.3) is 0 Å². The summed E-state index contributed by atoms with van der Waals surface area (Å²) in [5, 5.41) is 0. The summed E-state index contributed by atoms with van der Waals surface area (Å²) in [6.45, 7) is -2.32. The van der Waals surface area contributed by atoms with Gasteiger partial charge in [0.2, 0.25) is 0 Å². The average Bonchev–Trinajstić information content (AvgIpc) is 2.40. The number of ether oxygens (including phenoxy) is 1. The van der Waals surface area contributed by atoms with Crippen molar-refractivity contribution in [3.63, 3.8) is 0 Å². The van der Waals surface area contributed by atoms with Crippen LogP contribution in [0.1, 0.15) is 5.69 Å². The first-order valence-corrected chi connectivity index (χ1v) is 5.52. The van der Waals surface area contributed by atoms with Gasteiger partial charge >= 0.3 is 6.61 Å². The van der Waals surface area contributed by atoms with Gasteiger partial charge in [0.05, 0.1) is 24.6 Å². The monoisotopic (exact) mass is 266 g/mol. The lowest BCUT2D eigenvalue weighted by atomic mass is 10.3. The Morgan fingerprint density at radius 3 is 2.63 bits per heavy atom. The van der Waals surface area contributed by atoms with Gasteiger partial charge in [0, 0.05) is 19.4 Å². The Labute approximate surface area is 108 Å². The van der Waals surface area contributed by atoms with Crippen molar-refractivity contribution in [2.24, 2.45) is 0 Å². The molecule has 2 aromatic rings. The van der Waals surface area contributed by atoms with Crippen molar-refractivity contribution >= 4 is 5.82 Å². The molecule has 5 nitrogen and oxygen atoms in total. The maximum absolute atomic E-state index is 12.0. The van der Waals surface area contributed by atoms with E-state index in [1.54, 1.807) is 24.7 Å². The van der Waals surface area contributed by atoms with Crippen LogP contribution in [0.4, 0.5) is 14.6 Å². The fourth-order valence-corrected chi connectivity index (χ4v) is 1.51. The number of nitrogens with zero attached hydrogens (tertiary/aromatic N) is 4. The molecule has 0 N–H and O–H groups in total. The van der Waals surface area contributed by atoms with E-state index in [1.807, 2.05) is 11.9 Å². The van der Waals surface area contributed by atoms with E-state index in [1.165, 1.54) is 12.3 Å². The van der Waals surface area contributed by atoms with E-state index in [0.29, 0.717) is 12.4 Å². The lowest BCUT2D eigenvalue weighted by molar-refractivity contribution is -0.0500. The topological polar surface area (TPSA) is 51.1 Å². The molecule has 0 unspecified atom stereocenters. The van der Waals surface area contributed by atoms with Crippen LogP contribution in [0.5, 0.6) is 5.75 Å². The number of hydrogen-bond donors (Lipinski definition) is 0. The quantitative estimate of drug-likeness (QED) is 0.829. The Hall–Kier alpha value is -2.31. The van der Waals surface area contributed by atoms with Gasteiger partial charge in [0.15, 0.2) is 0 Å². The molecule has 0 saturated heterocycles. The first-order valence-electron chi connectivity index (χ1n) is 5.52. The molecule has 0 bridgehead atoms. The zero-order valence-corrected chi connectivity index (χ0v) is 10.2. The van der Waals surface area contributed by atoms with Crippen LogP contribution in [0.3, 0.4) is 0 Å². The Morgan fingerprint density at radius 1 is 1.21 bits per heavy atom. The van der Waals surface area contributed by atoms with Crippen LogP contribution in [-0.2, 0) is 6.54 Å². The number of alkyl halides is 2. The summed E-state index contributed by atoms with van der Waals surface area (Å²) in [5.74, 6) is 0.666. The number of rotatable bonds is 5. The number of aromatic nitrogens is 3. The molecule has 0 spiro atoms. The van der Waals surface area contributed by atoms with Crippen molar-refractivity contribution < 1.29 is 13.5 Å². The summed E-state index contributed by atoms with van der Waals surface area (Å²) in [4.78, 5) is 14.0. The van der Waals surface area contributed by atoms with E-state index in [4.69, 9.17) is 0 Å². The van der Waals surface area contributed by atoms with Crippen LogP contribution in [0.15, 0.2) is 36.9 Å². The second-order valence-electron chi connectivity index (χ2n) is 3.78. The predicted octanol–water partition coefficient (Wildman–Crippen LogP) is 2.11. The Bertz CT molecular complexity index is 507. The molecule has 0 aliphatic heterocycles. The molecule has 0 fully saturated rings. The van der Waals surface area contributed by atoms with Gasteiger partial charge < -0.3 is 9.64 Å². The molecule has 2 heterocycles. The molecule has 0 aliphatic rings. The highest BCUT2D eigenvalue weighted by Gasteiger charge is 2.07. The average molecular weight is 266 g/mol. The van der Waals surface area contributed by atoms with Crippen LogP contribution in [0, 0.1) is 0 Å². The van der Waals surface area contributed by atoms with Crippen LogP contribution >= 0.6 is 0 Å². The molecule has 0 radical (unpaired) electrons. The van der Waals surface area contributed by atoms with Crippen molar-refractivity contribution in [1.29, 1.82) is 0 Å². The van der Waals surface area contributed by atoms with Crippen molar-refractivity contribution in [2.75, 3.05) is 11.9 Å². The van der Waals surface area contributed by atoms with Crippen LogP contribution < -0.4 is 9.64 Å². The molecule has 0 aliphatic carbocycles. The molecule has 0 atom stereocenters.